The summed E-state index contributed by atoms with van der Waals surface area (Å²) in [6.45, 7) is 0. The Kier molecular flexibility index (Phi) is 5.71. The quantitative estimate of drug-likeness (QED) is 0.166. The largest absolute Gasteiger partial charge is 0.455 e. The van der Waals surface area contributed by atoms with E-state index in [1.807, 2.05) is 11.3 Å². The van der Waals surface area contributed by atoms with E-state index in [9.17, 15) is 0 Å². The lowest BCUT2D eigenvalue weighted by atomic mass is 9.91. The molecule has 0 aliphatic heterocycles. The zero-order valence-corrected chi connectivity index (χ0v) is 28.8. The van der Waals surface area contributed by atoms with Gasteiger partial charge in [-0.1, -0.05) is 140 Å². The van der Waals surface area contributed by atoms with Crippen molar-refractivity contribution in [2.45, 2.75) is 0 Å². The third kappa shape index (κ3) is 3.93. The Balaban J connectivity index is 1.03. The second-order valence-corrected chi connectivity index (χ2v) is 15.1. The summed E-state index contributed by atoms with van der Waals surface area (Å²) in [6, 6.07) is 62.5. The summed E-state index contributed by atoms with van der Waals surface area (Å²) in [5.74, 6) is 0. The van der Waals surface area contributed by atoms with Gasteiger partial charge in [-0.05, 0) is 95.7 Å². The van der Waals surface area contributed by atoms with Gasteiger partial charge in [-0.25, -0.2) is 0 Å². The molecule has 52 heavy (non-hydrogen) atoms. The highest BCUT2D eigenvalue weighted by Gasteiger charge is 2.18. The Morgan fingerprint density at radius 2 is 0.827 bits per heavy atom. The minimum Gasteiger partial charge on any atom is -0.455 e. The summed E-state index contributed by atoms with van der Waals surface area (Å²) in [7, 11) is 0. The summed E-state index contributed by atoms with van der Waals surface area (Å²) in [5, 5.41) is 17.2. The van der Waals surface area contributed by atoms with Crippen LogP contribution in [0.5, 0.6) is 0 Å². The van der Waals surface area contributed by atoms with E-state index in [1.54, 1.807) is 0 Å². The topological polar surface area (TPSA) is 13.1 Å². The molecule has 1 nitrogen and oxygen atoms in total. The maximum absolute atomic E-state index is 6.85. The van der Waals surface area contributed by atoms with Gasteiger partial charge in [-0.2, -0.15) is 0 Å². The smallest absolute Gasteiger partial charge is 0.143 e. The molecule has 0 bridgehead atoms. The van der Waals surface area contributed by atoms with Crippen LogP contribution in [-0.2, 0) is 0 Å². The van der Waals surface area contributed by atoms with Crippen molar-refractivity contribution in [1.29, 1.82) is 0 Å². The molecule has 0 atom stereocenters. The number of thiophene rings is 1. The third-order valence-corrected chi connectivity index (χ3v) is 12.4. The van der Waals surface area contributed by atoms with E-state index in [4.69, 9.17) is 4.42 Å². The van der Waals surface area contributed by atoms with Crippen molar-refractivity contribution < 1.29 is 4.42 Å². The second kappa shape index (κ2) is 10.5. The van der Waals surface area contributed by atoms with Crippen molar-refractivity contribution in [3.63, 3.8) is 0 Å². The molecule has 0 unspecified atom stereocenters. The summed E-state index contributed by atoms with van der Waals surface area (Å²) in [6.07, 6.45) is 0. The van der Waals surface area contributed by atoms with Crippen LogP contribution in [0.2, 0.25) is 0 Å². The predicted octanol–water partition coefficient (Wildman–Crippen LogP) is 15.1. The molecule has 0 amide bonds. The highest BCUT2D eigenvalue weighted by molar-refractivity contribution is 7.25. The lowest BCUT2D eigenvalue weighted by Gasteiger charge is -2.12. The molecule has 0 fully saturated rings. The summed E-state index contributed by atoms with van der Waals surface area (Å²) >= 11 is 1.89. The zero-order valence-electron chi connectivity index (χ0n) is 28.0. The molecule has 240 valence electrons. The zero-order chi connectivity index (χ0) is 33.9. The van der Waals surface area contributed by atoms with Crippen LogP contribution >= 0.6 is 11.3 Å². The number of fused-ring (bicyclic) bond motifs is 16. The molecule has 0 aliphatic carbocycles. The van der Waals surface area contributed by atoms with Gasteiger partial charge in [-0.15, -0.1) is 11.3 Å². The SMILES string of the molecule is c1ccc2c(-c3ccc4c(c3)sc3cc(-c5ccc6c(c5)c5ccccc5c5c6ccc6c7ccc8ccccc8c7oc65)ccc34)cccc2c1. The first-order valence-electron chi connectivity index (χ1n) is 17.8. The van der Waals surface area contributed by atoms with Gasteiger partial charge >= 0.3 is 0 Å². The molecule has 2 aromatic heterocycles. The van der Waals surface area contributed by atoms with Gasteiger partial charge in [0.1, 0.15) is 11.2 Å². The van der Waals surface area contributed by atoms with E-state index in [0.29, 0.717) is 0 Å². The summed E-state index contributed by atoms with van der Waals surface area (Å²) in [4.78, 5) is 0. The molecule has 12 aromatic rings. The van der Waals surface area contributed by atoms with Gasteiger partial charge < -0.3 is 4.42 Å². The van der Waals surface area contributed by atoms with Crippen molar-refractivity contribution >= 4 is 107 Å². The van der Waals surface area contributed by atoms with E-state index < -0.39 is 0 Å². The fourth-order valence-electron chi connectivity index (χ4n) is 8.78. The first-order valence-corrected chi connectivity index (χ1v) is 18.6. The van der Waals surface area contributed by atoms with E-state index in [2.05, 4.69) is 170 Å². The first-order chi connectivity index (χ1) is 25.8. The van der Waals surface area contributed by atoms with Crippen LogP contribution in [0.15, 0.2) is 174 Å². The highest BCUT2D eigenvalue weighted by Crippen LogP contribution is 2.45. The standard InChI is InChI=1S/C50H28OS/c1-3-11-34-29(8-1)10-7-15-35(34)33-19-22-40-39-21-18-32(27-46(39)52-47(40)28-33)31-17-20-38-42-24-25-44-43-23-16-30-9-2-4-12-36(30)49(43)51-50(44)48(42)41-14-6-5-13-37(41)45(38)26-31/h1-28H. The Labute approximate surface area is 302 Å². The molecular weight excluding hydrogens is 649 g/mol. The van der Waals surface area contributed by atoms with Crippen molar-refractivity contribution in [3.05, 3.63) is 170 Å². The average Bonchev–Trinajstić information content (AvgIpc) is 3.78. The minimum atomic E-state index is 0.960. The predicted molar refractivity (Wildman–Crippen MR) is 225 cm³/mol. The van der Waals surface area contributed by atoms with Gasteiger partial charge in [0, 0.05) is 41.7 Å². The molecule has 0 spiro atoms. The molecular formula is C50H28OS. The Morgan fingerprint density at radius 1 is 0.308 bits per heavy atom. The molecule has 0 radical (unpaired) electrons. The Morgan fingerprint density at radius 3 is 1.65 bits per heavy atom. The summed E-state index contributed by atoms with van der Waals surface area (Å²) in [5.41, 5.74) is 6.93. The molecule has 12 rings (SSSR count). The van der Waals surface area contributed by atoms with Crippen LogP contribution in [0.25, 0.3) is 118 Å². The number of furan rings is 1. The van der Waals surface area contributed by atoms with E-state index >= 15 is 0 Å². The van der Waals surface area contributed by atoms with E-state index in [1.165, 1.54) is 90.9 Å². The first kappa shape index (κ1) is 28.2. The number of hydrogen-bond donors (Lipinski definition) is 0. The maximum atomic E-state index is 6.85. The monoisotopic (exact) mass is 676 g/mol. The van der Waals surface area contributed by atoms with Crippen molar-refractivity contribution in [2.24, 2.45) is 0 Å². The molecule has 10 aromatic carbocycles. The van der Waals surface area contributed by atoms with Gasteiger partial charge in [-0.3, -0.25) is 0 Å². The molecule has 2 heterocycles. The van der Waals surface area contributed by atoms with Gasteiger partial charge in [0.05, 0.1) is 0 Å². The van der Waals surface area contributed by atoms with Crippen molar-refractivity contribution in [1.82, 2.24) is 0 Å². The molecule has 0 saturated heterocycles. The lowest BCUT2D eigenvalue weighted by molar-refractivity contribution is 0.677. The van der Waals surface area contributed by atoms with E-state index in [0.717, 1.165) is 27.3 Å². The van der Waals surface area contributed by atoms with Gasteiger partial charge in [0.25, 0.3) is 0 Å². The van der Waals surface area contributed by atoms with E-state index in [-0.39, 0.29) is 0 Å². The van der Waals surface area contributed by atoms with Gasteiger partial charge in [0.2, 0.25) is 0 Å². The van der Waals surface area contributed by atoms with Crippen molar-refractivity contribution in [2.75, 3.05) is 0 Å². The fraction of sp³-hybridized carbons (Fsp3) is 0. The highest BCUT2D eigenvalue weighted by atomic mass is 32.1. The maximum Gasteiger partial charge on any atom is 0.143 e. The van der Waals surface area contributed by atoms with Crippen LogP contribution in [0, 0.1) is 0 Å². The Bertz CT molecular complexity index is 3440. The number of benzene rings is 10. The second-order valence-electron chi connectivity index (χ2n) is 14.0. The number of hydrogen-bond acceptors (Lipinski definition) is 2. The van der Waals surface area contributed by atoms with Crippen LogP contribution in [-0.4, -0.2) is 0 Å². The van der Waals surface area contributed by atoms with Gasteiger partial charge in [0.15, 0.2) is 0 Å². The normalized spacial score (nSPS) is 12.2. The number of rotatable bonds is 2. The van der Waals surface area contributed by atoms with Crippen LogP contribution in [0.1, 0.15) is 0 Å². The van der Waals surface area contributed by atoms with Crippen LogP contribution < -0.4 is 0 Å². The molecule has 0 saturated carbocycles. The van der Waals surface area contributed by atoms with Crippen molar-refractivity contribution in [3.8, 4) is 22.3 Å². The lowest BCUT2D eigenvalue weighted by Crippen LogP contribution is -1.85. The Hall–Kier alpha value is -6.48. The minimum absolute atomic E-state index is 0.960. The molecule has 2 heteroatoms. The molecule has 0 aliphatic rings. The third-order valence-electron chi connectivity index (χ3n) is 11.2. The van der Waals surface area contributed by atoms with Crippen LogP contribution in [0.4, 0.5) is 0 Å². The van der Waals surface area contributed by atoms with Crippen LogP contribution in [0.3, 0.4) is 0 Å². The molecule has 0 N–H and O–H groups in total. The average molecular weight is 677 g/mol. The fourth-order valence-corrected chi connectivity index (χ4v) is 9.96. The summed E-state index contributed by atoms with van der Waals surface area (Å²) < 4.78 is 9.48.